The topological polar surface area (TPSA) is 95.1 Å². The first kappa shape index (κ1) is 16.7. The van der Waals surface area contributed by atoms with Gasteiger partial charge in [0.25, 0.3) is 5.91 Å². The van der Waals surface area contributed by atoms with Gasteiger partial charge in [-0.25, -0.2) is 0 Å². The third kappa shape index (κ3) is 4.23. The molecule has 0 aliphatic carbocycles. The molecule has 8 nitrogen and oxygen atoms in total. The molecule has 8 heteroatoms. The predicted molar refractivity (Wildman–Crippen MR) is 89.6 cm³/mol. The van der Waals surface area contributed by atoms with E-state index in [-0.39, 0.29) is 12.5 Å². The number of para-hydroxylation sites is 1. The molecule has 130 valence electrons. The van der Waals surface area contributed by atoms with Crippen molar-refractivity contribution in [2.24, 2.45) is 0 Å². The summed E-state index contributed by atoms with van der Waals surface area (Å²) in [5.41, 5.74) is 0.768. The summed E-state index contributed by atoms with van der Waals surface area (Å²) in [4.78, 5) is 16.4. The van der Waals surface area contributed by atoms with Crippen LogP contribution >= 0.6 is 0 Å². The average molecular weight is 341 g/mol. The van der Waals surface area contributed by atoms with E-state index < -0.39 is 6.10 Å². The van der Waals surface area contributed by atoms with Crippen LogP contribution in [0.15, 0.2) is 47.2 Å². The summed E-state index contributed by atoms with van der Waals surface area (Å²) in [6, 6.07) is 9.17. The van der Waals surface area contributed by atoms with Crippen molar-refractivity contribution >= 4 is 5.91 Å². The van der Waals surface area contributed by atoms with Crippen LogP contribution in [0.2, 0.25) is 0 Å². The first-order valence-electron chi connectivity index (χ1n) is 8.00. The molecule has 0 unspecified atom stereocenters. The molecule has 1 aromatic carbocycles. The molecule has 0 fully saturated rings. The Kier molecular flexibility index (Phi) is 5.08. The third-order valence-corrected chi connectivity index (χ3v) is 3.52. The van der Waals surface area contributed by atoms with Crippen LogP contribution in [-0.2, 0) is 17.9 Å². The second-order valence-corrected chi connectivity index (χ2v) is 5.39. The lowest BCUT2D eigenvalue weighted by atomic mass is 10.3. The van der Waals surface area contributed by atoms with E-state index in [1.54, 1.807) is 29.9 Å². The number of amides is 1. The van der Waals surface area contributed by atoms with E-state index in [0.717, 1.165) is 12.1 Å². The Hall–Kier alpha value is -3.16. The van der Waals surface area contributed by atoms with Gasteiger partial charge in [0, 0.05) is 12.7 Å². The van der Waals surface area contributed by atoms with Crippen LogP contribution in [0.25, 0.3) is 11.4 Å². The average Bonchev–Trinajstić information content (AvgIpc) is 3.29. The largest absolute Gasteiger partial charge is 0.481 e. The van der Waals surface area contributed by atoms with Crippen LogP contribution < -0.4 is 10.1 Å². The van der Waals surface area contributed by atoms with Crippen molar-refractivity contribution < 1.29 is 14.1 Å². The Labute approximate surface area is 144 Å². The molecule has 0 saturated carbocycles. The zero-order valence-electron chi connectivity index (χ0n) is 14.0. The zero-order valence-corrected chi connectivity index (χ0v) is 14.0. The first-order valence-corrected chi connectivity index (χ1v) is 8.00. The molecule has 0 spiro atoms. The van der Waals surface area contributed by atoms with Gasteiger partial charge in [0.05, 0.1) is 18.3 Å². The van der Waals surface area contributed by atoms with Gasteiger partial charge in [0.15, 0.2) is 6.10 Å². The van der Waals surface area contributed by atoms with E-state index in [9.17, 15) is 4.79 Å². The van der Waals surface area contributed by atoms with E-state index >= 15 is 0 Å². The molecular formula is C17H19N5O3. The highest BCUT2D eigenvalue weighted by molar-refractivity contribution is 5.80. The Bertz CT molecular complexity index is 828. The first-order chi connectivity index (χ1) is 12.2. The lowest BCUT2D eigenvalue weighted by Gasteiger charge is -2.13. The number of benzene rings is 1. The molecule has 1 amide bonds. The number of rotatable bonds is 7. The minimum Gasteiger partial charge on any atom is -0.481 e. The Morgan fingerprint density at radius 2 is 2.16 bits per heavy atom. The molecule has 2 heterocycles. The molecular weight excluding hydrogens is 322 g/mol. The van der Waals surface area contributed by atoms with Gasteiger partial charge in [0.2, 0.25) is 11.7 Å². The fraction of sp³-hybridized carbons (Fsp3) is 0.294. The van der Waals surface area contributed by atoms with Crippen molar-refractivity contribution in [3.8, 4) is 17.1 Å². The molecule has 3 aromatic rings. The molecule has 0 bridgehead atoms. The lowest BCUT2D eigenvalue weighted by Crippen LogP contribution is -2.35. The van der Waals surface area contributed by atoms with E-state index in [2.05, 4.69) is 20.6 Å². The van der Waals surface area contributed by atoms with Crippen LogP contribution in [0.5, 0.6) is 5.75 Å². The number of hydrogen-bond donors (Lipinski definition) is 1. The van der Waals surface area contributed by atoms with Crippen molar-refractivity contribution in [2.45, 2.75) is 33.0 Å². The highest BCUT2D eigenvalue weighted by Crippen LogP contribution is 2.14. The Morgan fingerprint density at radius 1 is 1.36 bits per heavy atom. The molecule has 2 aromatic heterocycles. The summed E-state index contributed by atoms with van der Waals surface area (Å²) in [5, 5.41) is 10.8. The molecule has 0 radical (unpaired) electrons. The Balaban J connectivity index is 1.54. The molecule has 1 atom stereocenters. The summed E-state index contributed by atoms with van der Waals surface area (Å²) in [6.45, 7) is 4.57. The normalized spacial score (nSPS) is 11.9. The second kappa shape index (κ2) is 7.61. The second-order valence-electron chi connectivity index (χ2n) is 5.39. The fourth-order valence-corrected chi connectivity index (χ4v) is 2.16. The van der Waals surface area contributed by atoms with E-state index in [4.69, 9.17) is 9.26 Å². The van der Waals surface area contributed by atoms with Gasteiger partial charge in [-0.15, -0.1) is 0 Å². The number of aromatic nitrogens is 4. The quantitative estimate of drug-likeness (QED) is 0.706. The van der Waals surface area contributed by atoms with Crippen LogP contribution in [0.3, 0.4) is 0 Å². The summed E-state index contributed by atoms with van der Waals surface area (Å²) < 4.78 is 12.5. The summed E-state index contributed by atoms with van der Waals surface area (Å²) in [5.74, 6) is 1.14. The van der Waals surface area contributed by atoms with Crippen LogP contribution in [0.1, 0.15) is 19.7 Å². The standard InChI is InChI=1S/C17H19N5O3/c1-3-22-11-13(9-19-22)16-20-15(25-21-16)10-18-17(23)12(2)24-14-7-5-4-6-8-14/h4-9,11-12H,3,10H2,1-2H3,(H,18,23)/t12-/m1/s1. The molecule has 0 saturated heterocycles. The van der Waals surface area contributed by atoms with Gasteiger partial charge in [-0.1, -0.05) is 23.4 Å². The van der Waals surface area contributed by atoms with Crippen molar-refractivity contribution in [3.63, 3.8) is 0 Å². The Morgan fingerprint density at radius 3 is 2.88 bits per heavy atom. The zero-order chi connectivity index (χ0) is 17.6. The van der Waals surface area contributed by atoms with Gasteiger partial charge in [0.1, 0.15) is 5.75 Å². The van der Waals surface area contributed by atoms with Crippen molar-refractivity contribution in [3.05, 3.63) is 48.6 Å². The summed E-state index contributed by atoms with van der Waals surface area (Å²) >= 11 is 0. The lowest BCUT2D eigenvalue weighted by molar-refractivity contribution is -0.127. The maximum Gasteiger partial charge on any atom is 0.261 e. The van der Waals surface area contributed by atoms with Crippen LogP contribution in [0, 0.1) is 0 Å². The number of carbonyl (C=O) groups excluding carboxylic acids is 1. The van der Waals surface area contributed by atoms with Gasteiger partial charge >= 0.3 is 0 Å². The van der Waals surface area contributed by atoms with Gasteiger partial charge in [-0.3, -0.25) is 9.48 Å². The SMILES string of the molecule is CCn1cc(-c2noc(CNC(=O)[C@@H](C)Oc3ccccc3)n2)cn1. The predicted octanol–water partition coefficient (Wildman–Crippen LogP) is 2.04. The van der Waals surface area contributed by atoms with Gasteiger partial charge < -0.3 is 14.6 Å². The number of ether oxygens (including phenoxy) is 1. The molecule has 0 aliphatic rings. The number of aryl methyl sites for hydroxylation is 1. The number of nitrogens with zero attached hydrogens (tertiary/aromatic N) is 4. The third-order valence-electron chi connectivity index (χ3n) is 3.52. The van der Waals surface area contributed by atoms with Crippen molar-refractivity contribution in [1.82, 2.24) is 25.2 Å². The summed E-state index contributed by atoms with van der Waals surface area (Å²) in [6.07, 6.45) is 2.88. The fourth-order valence-electron chi connectivity index (χ4n) is 2.16. The molecule has 3 rings (SSSR count). The molecule has 0 aliphatic heterocycles. The van der Waals surface area contributed by atoms with Gasteiger partial charge in [-0.05, 0) is 26.0 Å². The smallest absolute Gasteiger partial charge is 0.261 e. The minimum absolute atomic E-state index is 0.135. The van der Waals surface area contributed by atoms with E-state index in [1.165, 1.54) is 0 Å². The van der Waals surface area contributed by atoms with Crippen LogP contribution in [0.4, 0.5) is 0 Å². The van der Waals surface area contributed by atoms with Crippen LogP contribution in [-0.4, -0.2) is 31.9 Å². The number of carbonyl (C=O) groups is 1. The molecule has 1 N–H and O–H groups in total. The number of nitrogens with one attached hydrogen (secondary N) is 1. The van der Waals surface area contributed by atoms with Crippen molar-refractivity contribution in [1.29, 1.82) is 0 Å². The highest BCUT2D eigenvalue weighted by Gasteiger charge is 2.16. The monoisotopic (exact) mass is 341 g/mol. The van der Waals surface area contributed by atoms with Gasteiger partial charge in [-0.2, -0.15) is 10.1 Å². The van der Waals surface area contributed by atoms with Crippen molar-refractivity contribution in [2.75, 3.05) is 0 Å². The van der Waals surface area contributed by atoms with E-state index in [1.807, 2.05) is 31.3 Å². The highest BCUT2D eigenvalue weighted by atomic mass is 16.5. The van der Waals surface area contributed by atoms with E-state index in [0.29, 0.717) is 17.5 Å². The maximum absolute atomic E-state index is 12.1. The number of hydrogen-bond acceptors (Lipinski definition) is 6. The molecule has 25 heavy (non-hydrogen) atoms. The summed E-state index contributed by atoms with van der Waals surface area (Å²) in [7, 11) is 0. The maximum atomic E-state index is 12.1. The minimum atomic E-state index is -0.632.